The number of nitrogens with one attached hydrogen (secondary N) is 1. The topological polar surface area (TPSA) is 82.8 Å². The van der Waals surface area contributed by atoms with Gasteiger partial charge in [0.05, 0.1) is 5.69 Å². The van der Waals surface area contributed by atoms with E-state index in [1.807, 2.05) is 6.07 Å². The van der Waals surface area contributed by atoms with Crippen LogP contribution in [0.15, 0.2) is 45.9 Å². The van der Waals surface area contributed by atoms with Gasteiger partial charge in [0, 0.05) is 10.7 Å². The van der Waals surface area contributed by atoms with Crippen molar-refractivity contribution >= 4 is 31.6 Å². The fraction of sp³-hybridized carbons (Fsp3) is 0.0769. The molecule has 0 amide bonds. The summed E-state index contributed by atoms with van der Waals surface area (Å²) in [5.74, 6) is 0. The summed E-state index contributed by atoms with van der Waals surface area (Å²) in [4.78, 5) is 3.62. The number of anilines is 1. The molecule has 0 spiro atoms. The van der Waals surface area contributed by atoms with Crippen molar-refractivity contribution < 1.29 is 8.42 Å². The average Bonchev–Trinajstić information content (AvgIpc) is 2.43. The third kappa shape index (κ3) is 2.81. The molecule has 1 N–H and O–H groups in total. The van der Waals surface area contributed by atoms with E-state index in [0.717, 1.165) is 10.0 Å². The first-order valence-corrected chi connectivity index (χ1v) is 7.86. The van der Waals surface area contributed by atoms with Crippen molar-refractivity contribution in [3.05, 3.63) is 52.3 Å². The highest BCUT2D eigenvalue weighted by Crippen LogP contribution is 2.26. The normalized spacial score (nSPS) is 10.8. The van der Waals surface area contributed by atoms with Crippen LogP contribution in [0.2, 0.25) is 0 Å². The summed E-state index contributed by atoms with van der Waals surface area (Å²) in [5.41, 5.74) is 1.08. The molecule has 0 saturated heterocycles. The maximum atomic E-state index is 12.3. The average molecular weight is 352 g/mol. The molecular weight excluding hydrogens is 342 g/mol. The summed E-state index contributed by atoms with van der Waals surface area (Å²) in [5, 5.41) is 8.93. The van der Waals surface area contributed by atoms with Gasteiger partial charge in [0.15, 0.2) is 5.69 Å². The van der Waals surface area contributed by atoms with Crippen molar-refractivity contribution in [1.82, 2.24) is 4.98 Å². The first kappa shape index (κ1) is 14.5. The number of nitriles is 1. The molecule has 102 valence electrons. The van der Waals surface area contributed by atoms with Gasteiger partial charge in [-0.2, -0.15) is 5.26 Å². The van der Waals surface area contributed by atoms with Gasteiger partial charge in [-0.3, -0.25) is 4.72 Å². The van der Waals surface area contributed by atoms with E-state index in [-0.39, 0.29) is 10.6 Å². The van der Waals surface area contributed by atoms with Crippen molar-refractivity contribution in [3.63, 3.8) is 0 Å². The van der Waals surface area contributed by atoms with Crippen molar-refractivity contribution in [1.29, 1.82) is 5.26 Å². The van der Waals surface area contributed by atoms with E-state index in [1.165, 1.54) is 18.3 Å². The van der Waals surface area contributed by atoms with Crippen molar-refractivity contribution in [2.45, 2.75) is 11.8 Å². The largest absolute Gasteiger partial charge is 0.279 e. The lowest BCUT2D eigenvalue weighted by molar-refractivity contribution is 0.600. The van der Waals surface area contributed by atoms with E-state index in [4.69, 9.17) is 5.26 Å². The Balaban J connectivity index is 2.47. The number of hydrogen-bond acceptors (Lipinski definition) is 4. The summed E-state index contributed by atoms with van der Waals surface area (Å²) in [7, 11) is -3.85. The molecule has 0 aliphatic heterocycles. The number of hydrogen-bond donors (Lipinski definition) is 1. The standard InChI is InChI=1S/C13H10BrN3O2S/c1-9-10(14)4-2-5-11(9)17-20(18,19)13-6-3-7-16-12(13)8-15/h2-7,17H,1H3. The van der Waals surface area contributed by atoms with Gasteiger partial charge in [-0.25, -0.2) is 13.4 Å². The molecule has 0 aliphatic carbocycles. The molecule has 0 saturated carbocycles. The van der Waals surface area contributed by atoms with Gasteiger partial charge < -0.3 is 0 Å². The Hall–Kier alpha value is -1.91. The highest BCUT2D eigenvalue weighted by atomic mass is 79.9. The van der Waals surface area contributed by atoms with Crippen LogP contribution in [-0.2, 0) is 10.0 Å². The zero-order valence-electron chi connectivity index (χ0n) is 10.5. The van der Waals surface area contributed by atoms with Gasteiger partial charge in [-0.15, -0.1) is 0 Å². The Kier molecular flexibility index (Phi) is 4.06. The molecule has 0 unspecified atom stereocenters. The zero-order chi connectivity index (χ0) is 14.8. The quantitative estimate of drug-likeness (QED) is 0.921. The zero-order valence-corrected chi connectivity index (χ0v) is 12.9. The monoisotopic (exact) mass is 351 g/mol. The van der Waals surface area contributed by atoms with E-state index < -0.39 is 10.0 Å². The Bertz CT molecular complexity index is 798. The molecule has 20 heavy (non-hydrogen) atoms. The first-order chi connectivity index (χ1) is 9.45. The van der Waals surface area contributed by atoms with Crippen LogP contribution in [0.1, 0.15) is 11.3 Å². The van der Waals surface area contributed by atoms with Gasteiger partial charge in [-0.05, 0) is 36.8 Å². The second kappa shape index (κ2) is 5.61. The molecule has 0 aliphatic rings. The van der Waals surface area contributed by atoms with Crippen LogP contribution in [0.25, 0.3) is 0 Å². The second-order valence-electron chi connectivity index (χ2n) is 3.98. The van der Waals surface area contributed by atoms with Gasteiger partial charge in [0.2, 0.25) is 0 Å². The molecule has 2 aromatic rings. The minimum atomic E-state index is -3.85. The van der Waals surface area contributed by atoms with Crippen LogP contribution < -0.4 is 4.72 Å². The van der Waals surface area contributed by atoms with Crippen LogP contribution in [0.4, 0.5) is 5.69 Å². The molecule has 0 bridgehead atoms. The number of rotatable bonds is 3. The predicted octanol–water partition coefficient (Wildman–Crippen LogP) is 2.83. The molecule has 1 aromatic heterocycles. The lowest BCUT2D eigenvalue weighted by Gasteiger charge is -2.11. The van der Waals surface area contributed by atoms with Crippen molar-refractivity contribution in [3.8, 4) is 6.07 Å². The number of pyridine rings is 1. The molecule has 0 radical (unpaired) electrons. The lowest BCUT2D eigenvalue weighted by atomic mass is 10.2. The highest BCUT2D eigenvalue weighted by molar-refractivity contribution is 9.10. The third-order valence-corrected chi connectivity index (χ3v) is 4.93. The molecule has 5 nitrogen and oxygen atoms in total. The molecule has 0 atom stereocenters. The van der Waals surface area contributed by atoms with Crippen LogP contribution >= 0.6 is 15.9 Å². The van der Waals surface area contributed by atoms with Crippen LogP contribution in [0, 0.1) is 18.3 Å². The predicted molar refractivity (Wildman–Crippen MR) is 78.6 cm³/mol. The third-order valence-electron chi connectivity index (χ3n) is 2.68. The van der Waals surface area contributed by atoms with Gasteiger partial charge in [-0.1, -0.05) is 22.0 Å². The van der Waals surface area contributed by atoms with E-state index in [2.05, 4.69) is 25.6 Å². The van der Waals surface area contributed by atoms with Gasteiger partial charge in [0.25, 0.3) is 10.0 Å². The van der Waals surface area contributed by atoms with E-state index in [0.29, 0.717) is 5.69 Å². The molecule has 0 fully saturated rings. The summed E-state index contributed by atoms with van der Waals surface area (Å²) in [6, 6.07) is 9.79. The summed E-state index contributed by atoms with van der Waals surface area (Å²) in [6.07, 6.45) is 1.38. The Morgan fingerprint density at radius 2 is 2.05 bits per heavy atom. The number of sulfonamides is 1. The number of benzene rings is 1. The molecule has 7 heteroatoms. The van der Waals surface area contributed by atoms with Crippen LogP contribution in [0.3, 0.4) is 0 Å². The SMILES string of the molecule is Cc1c(Br)cccc1NS(=O)(=O)c1cccnc1C#N. The molecule has 2 rings (SSSR count). The smallest absolute Gasteiger partial charge is 0.264 e. The Labute approximate surface area is 125 Å². The fourth-order valence-electron chi connectivity index (χ4n) is 1.61. The van der Waals surface area contributed by atoms with Crippen LogP contribution in [0.5, 0.6) is 0 Å². The number of aromatic nitrogens is 1. The fourth-order valence-corrected chi connectivity index (χ4v) is 3.21. The minimum absolute atomic E-state index is 0.132. The maximum Gasteiger partial charge on any atom is 0.264 e. The highest BCUT2D eigenvalue weighted by Gasteiger charge is 2.20. The minimum Gasteiger partial charge on any atom is -0.279 e. The first-order valence-electron chi connectivity index (χ1n) is 5.59. The van der Waals surface area contributed by atoms with Crippen molar-refractivity contribution in [2.24, 2.45) is 0 Å². The molecule has 1 aromatic carbocycles. The van der Waals surface area contributed by atoms with E-state index >= 15 is 0 Å². The van der Waals surface area contributed by atoms with E-state index in [9.17, 15) is 8.42 Å². The number of nitrogens with zero attached hydrogens (tertiary/aromatic N) is 2. The Morgan fingerprint density at radius 3 is 2.75 bits per heavy atom. The summed E-state index contributed by atoms with van der Waals surface area (Å²) >= 11 is 3.34. The van der Waals surface area contributed by atoms with E-state index in [1.54, 1.807) is 25.1 Å². The van der Waals surface area contributed by atoms with Gasteiger partial charge >= 0.3 is 0 Å². The maximum absolute atomic E-state index is 12.3. The summed E-state index contributed by atoms with van der Waals surface area (Å²) < 4.78 is 27.9. The molecular formula is C13H10BrN3O2S. The Morgan fingerprint density at radius 1 is 1.30 bits per heavy atom. The lowest BCUT2D eigenvalue weighted by Crippen LogP contribution is -2.15. The van der Waals surface area contributed by atoms with Gasteiger partial charge in [0.1, 0.15) is 11.0 Å². The van der Waals surface area contributed by atoms with Crippen molar-refractivity contribution in [2.75, 3.05) is 4.72 Å². The summed E-state index contributed by atoms with van der Waals surface area (Å²) in [6.45, 7) is 1.79. The molecule has 1 heterocycles. The second-order valence-corrected chi connectivity index (χ2v) is 6.49. The number of halogens is 1. The van der Waals surface area contributed by atoms with Crippen LogP contribution in [-0.4, -0.2) is 13.4 Å².